The molecule has 0 unspecified atom stereocenters. The van der Waals surface area contributed by atoms with Gasteiger partial charge < -0.3 is 4.42 Å². The summed E-state index contributed by atoms with van der Waals surface area (Å²) in [6, 6.07) is 13.5. The van der Waals surface area contributed by atoms with E-state index in [2.05, 4.69) is 15.5 Å². The van der Waals surface area contributed by atoms with E-state index < -0.39 is 25.8 Å². The summed E-state index contributed by atoms with van der Waals surface area (Å²) >= 11 is 0. The molecule has 3 aromatic rings. The maximum absolute atomic E-state index is 12.2. The zero-order valence-electron chi connectivity index (χ0n) is 16.7. The summed E-state index contributed by atoms with van der Waals surface area (Å²) < 4.78 is 55.2. The standard InChI is InChI=1S/C19H20N4O6S2/c1-23(2)31(27,28)16-10-8-14(9-11-16)18-21-22-19(29-18)20-17(24)12-13-30(25,26)15-6-4-3-5-7-15/h3-11H,12-13H2,1-2H3,(H,20,22,24). The van der Waals surface area contributed by atoms with Crippen LogP contribution in [0.2, 0.25) is 0 Å². The highest BCUT2D eigenvalue weighted by atomic mass is 32.2. The Bertz CT molecular complexity index is 1270. The van der Waals surface area contributed by atoms with Crippen molar-refractivity contribution in [3.05, 3.63) is 54.6 Å². The molecule has 0 aliphatic carbocycles. The Balaban J connectivity index is 1.63. The molecule has 3 rings (SSSR count). The quantitative estimate of drug-likeness (QED) is 0.532. The summed E-state index contributed by atoms with van der Waals surface area (Å²) in [5.74, 6) is -0.894. The number of sulfone groups is 1. The number of aromatic nitrogens is 2. The van der Waals surface area contributed by atoms with Gasteiger partial charge in [0.2, 0.25) is 21.8 Å². The predicted molar refractivity (Wildman–Crippen MR) is 112 cm³/mol. The van der Waals surface area contributed by atoms with Crippen LogP contribution in [0.25, 0.3) is 11.5 Å². The number of hydrogen-bond acceptors (Lipinski definition) is 8. The van der Waals surface area contributed by atoms with Gasteiger partial charge in [-0.15, -0.1) is 5.10 Å². The average molecular weight is 465 g/mol. The number of nitrogens with zero attached hydrogens (tertiary/aromatic N) is 3. The second-order valence-corrected chi connectivity index (χ2v) is 10.9. The fraction of sp³-hybridized carbons (Fsp3) is 0.211. The zero-order valence-corrected chi connectivity index (χ0v) is 18.4. The van der Waals surface area contributed by atoms with Crippen molar-refractivity contribution in [2.75, 3.05) is 25.2 Å². The summed E-state index contributed by atoms with van der Waals surface area (Å²) in [6.45, 7) is 0. The van der Waals surface area contributed by atoms with Gasteiger partial charge in [0.15, 0.2) is 9.84 Å². The molecule has 2 aromatic carbocycles. The molecule has 0 aliphatic heterocycles. The van der Waals surface area contributed by atoms with E-state index >= 15 is 0 Å². The molecule has 0 fully saturated rings. The molecular weight excluding hydrogens is 444 g/mol. The third kappa shape index (κ3) is 5.34. The summed E-state index contributed by atoms with van der Waals surface area (Å²) in [6.07, 6.45) is -0.286. The first-order chi connectivity index (χ1) is 14.6. The van der Waals surface area contributed by atoms with Crippen LogP contribution in [0.15, 0.2) is 68.8 Å². The molecule has 1 amide bonds. The van der Waals surface area contributed by atoms with Gasteiger partial charge in [0.25, 0.3) is 0 Å². The van der Waals surface area contributed by atoms with Crippen LogP contribution in [-0.4, -0.2) is 57.1 Å². The lowest BCUT2D eigenvalue weighted by molar-refractivity contribution is -0.115. The maximum atomic E-state index is 12.2. The summed E-state index contributed by atoms with van der Waals surface area (Å²) in [7, 11) is -4.29. The number of sulfonamides is 1. The van der Waals surface area contributed by atoms with E-state index in [1.165, 1.54) is 50.5 Å². The first-order valence-electron chi connectivity index (χ1n) is 9.04. The number of hydrogen-bond donors (Lipinski definition) is 1. The second kappa shape index (κ2) is 8.96. The minimum atomic E-state index is -3.59. The highest BCUT2D eigenvalue weighted by Crippen LogP contribution is 2.23. The number of anilines is 1. The van der Waals surface area contributed by atoms with Gasteiger partial charge in [0.05, 0.1) is 15.5 Å². The van der Waals surface area contributed by atoms with Crippen molar-refractivity contribution in [3.63, 3.8) is 0 Å². The molecular formula is C19H20N4O6S2. The molecule has 164 valence electrons. The smallest absolute Gasteiger partial charge is 0.322 e. The van der Waals surface area contributed by atoms with E-state index in [4.69, 9.17) is 4.42 Å². The molecule has 0 bridgehead atoms. The van der Waals surface area contributed by atoms with Crippen molar-refractivity contribution in [1.29, 1.82) is 0 Å². The number of nitrogens with one attached hydrogen (secondary N) is 1. The van der Waals surface area contributed by atoms with Gasteiger partial charge in [-0.2, -0.15) is 0 Å². The van der Waals surface area contributed by atoms with Crippen LogP contribution < -0.4 is 5.32 Å². The first-order valence-corrected chi connectivity index (χ1v) is 12.1. The van der Waals surface area contributed by atoms with Crippen molar-refractivity contribution >= 4 is 31.8 Å². The Morgan fingerprint density at radius 1 is 0.935 bits per heavy atom. The molecule has 0 atom stereocenters. The molecule has 1 N–H and O–H groups in total. The molecule has 0 radical (unpaired) electrons. The summed E-state index contributed by atoms with van der Waals surface area (Å²) in [5, 5.41) is 9.88. The average Bonchev–Trinajstić information content (AvgIpc) is 3.21. The summed E-state index contributed by atoms with van der Waals surface area (Å²) in [4.78, 5) is 12.3. The van der Waals surface area contributed by atoms with Crippen molar-refractivity contribution in [1.82, 2.24) is 14.5 Å². The van der Waals surface area contributed by atoms with Crippen molar-refractivity contribution in [3.8, 4) is 11.5 Å². The fourth-order valence-corrected chi connectivity index (χ4v) is 4.69. The lowest BCUT2D eigenvalue weighted by Gasteiger charge is -2.11. The molecule has 1 aromatic heterocycles. The molecule has 31 heavy (non-hydrogen) atoms. The van der Waals surface area contributed by atoms with Crippen LogP contribution in [0.3, 0.4) is 0 Å². The van der Waals surface area contributed by atoms with Gasteiger partial charge in [-0.25, -0.2) is 21.1 Å². The fourth-order valence-electron chi connectivity index (χ4n) is 2.53. The Morgan fingerprint density at radius 3 is 2.19 bits per heavy atom. The van der Waals surface area contributed by atoms with Gasteiger partial charge in [-0.3, -0.25) is 10.1 Å². The number of amides is 1. The molecule has 0 spiro atoms. The first kappa shape index (κ1) is 22.6. The predicted octanol–water partition coefficient (Wildman–Crippen LogP) is 1.79. The topological polar surface area (TPSA) is 140 Å². The number of carbonyl (C=O) groups is 1. The van der Waals surface area contributed by atoms with Crippen molar-refractivity contribution in [2.24, 2.45) is 0 Å². The van der Waals surface area contributed by atoms with Crippen LogP contribution in [0.4, 0.5) is 6.01 Å². The van der Waals surface area contributed by atoms with E-state index in [1.54, 1.807) is 18.2 Å². The third-order valence-corrected chi connectivity index (χ3v) is 7.81. The van der Waals surface area contributed by atoms with E-state index in [9.17, 15) is 21.6 Å². The van der Waals surface area contributed by atoms with Crippen LogP contribution >= 0.6 is 0 Å². The number of rotatable bonds is 8. The molecule has 1 heterocycles. The van der Waals surface area contributed by atoms with Gasteiger partial charge in [-0.05, 0) is 36.4 Å². The van der Waals surface area contributed by atoms with Crippen LogP contribution in [0.1, 0.15) is 6.42 Å². The van der Waals surface area contributed by atoms with Gasteiger partial charge >= 0.3 is 6.01 Å². The largest absolute Gasteiger partial charge is 0.403 e. The number of benzene rings is 2. The van der Waals surface area contributed by atoms with Gasteiger partial charge in [0, 0.05) is 26.1 Å². The highest BCUT2D eigenvalue weighted by Gasteiger charge is 2.19. The van der Waals surface area contributed by atoms with E-state index in [0.29, 0.717) is 5.56 Å². The Labute approximate surface area is 179 Å². The van der Waals surface area contributed by atoms with Crippen LogP contribution in [0, 0.1) is 0 Å². The molecule has 12 heteroatoms. The van der Waals surface area contributed by atoms with Crippen molar-refractivity contribution in [2.45, 2.75) is 16.2 Å². The molecule has 0 aliphatic rings. The molecule has 10 nitrogen and oxygen atoms in total. The van der Waals surface area contributed by atoms with Gasteiger partial charge in [-0.1, -0.05) is 23.3 Å². The third-order valence-electron chi connectivity index (χ3n) is 4.25. The normalized spacial score (nSPS) is 12.1. The Morgan fingerprint density at radius 2 is 1.58 bits per heavy atom. The van der Waals surface area contributed by atoms with E-state index in [1.807, 2.05) is 0 Å². The molecule has 0 saturated heterocycles. The maximum Gasteiger partial charge on any atom is 0.322 e. The van der Waals surface area contributed by atoms with E-state index in [-0.39, 0.29) is 33.9 Å². The SMILES string of the molecule is CN(C)S(=O)(=O)c1ccc(-c2nnc(NC(=O)CCS(=O)(=O)c3ccccc3)o2)cc1. The monoisotopic (exact) mass is 464 g/mol. The zero-order chi connectivity index (χ0) is 22.6. The number of carbonyl (C=O) groups excluding carboxylic acids is 1. The Kier molecular flexibility index (Phi) is 6.53. The van der Waals surface area contributed by atoms with Crippen LogP contribution in [0.5, 0.6) is 0 Å². The van der Waals surface area contributed by atoms with E-state index in [0.717, 1.165) is 4.31 Å². The highest BCUT2D eigenvalue weighted by molar-refractivity contribution is 7.91. The lowest BCUT2D eigenvalue weighted by Crippen LogP contribution is -2.22. The lowest BCUT2D eigenvalue weighted by atomic mass is 10.2. The minimum absolute atomic E-state index is 0.0704. The van der Waals surface area contributed by atoms with Crippen LogP contribution in [-0.2, 0) is 24.7 Å². The van der Waals surface area contributed by atoms with Crippen molar-refractivity contribution < 1.29 is 26.0 Å². The second-order valence-electron chi connectivity index (χ2n) is 6.65. The summed E-state index contributed by atoms with van der Waals surface area (Å²) in [5.41, 5.74) is 0.456. The molecule has 0 saturated carbocycles. The van der Waals surface area contributed by atoms with Gasteiger partial charge in [0.1, 0.15) is 0 Å². The Hall–Kier alpha value is -3.09. The minimum Gasteiger partial charge on any atom is -0.403 e.